The first-order chi connectivity index (χ1) is 8.91. The second-order valence-corrected chi connectivity index (χ2v) is 7.04. The van der Waals surface area contributed by atoms with Crippen LogP contribution in [0, 0.1) is 5.92 Å². The lowest BCUT2D eigenvalue weighted by Crippen LogP contribution is -2.28. The lowest BCUT2D eigenvalue weighted by atomic mass is 10.1. The Morgan fingerprint density at radius 2 is 1.79 bits per heavy atom. The van der Waals surface area contributed by atoms with Crippen LogP contribution in [0.4, 0.5) is 0 Å². The summed E-state index contributed by atoms with van der Waals surface area (Å²) in [6.07, 6.45) is 0.399. The molecule has 2 N–H and O–H groups in total. The maximum atomic E-state index is 11.7. The first-order valence-corrected chi connectivity index (χ1v) is 8.26. The number of rotatable bonds is 8. The van der Waals surface area contributed by atoms with Gasteiger partial charge in [0.05, 0.1) is 11.9 Å². The molecule has 1 rings (SSSR count). The molecule has 0 bridgehead atoms. The Morgan fingerprint density at radius 1 is 1.16 bits per heavy atom. The quantitative estimate of drug-likeness (QED) is 0.768. The highest BCUT2D eigenvalue weighted by atomic mass is 32.2. The van der Waals surface area contributed by atoms with Gasteiger partial charge in [-0.1, -0.05) is 44.2 Å². The molecule has 0 aromatic heterocycles. The summed E-state index contributed by atoms with van der Waals surface area (Å²) in [6.45, 7) is 4.25. The summed E-state index contributed by atoms with van der Waals surface area (Å²) in [7, 11) is -3.22. The third kappa shape index (κ3) is 6.71. The van der Waals surface area contributed by atoms with Crippen LogP contribution in [0.1, 0.15) is 38.4 Å². The molecule has 0 heterocycles. The van der Waals surface area contributed by atoms with Crippen LogP contribution in [0.3, 0.4) is 0 Å². The highest BCUT2D eigenvalue weighted by molar-refractivity contribution is 7.89. The molecule has 0 aliphatic heterocycles. The number of hydrogen-bond donors (Lipinski definition) is 2. The first-order valence-electron chi connectivity index (χ1n) is 6.61. The van der Waals surface area contributed by atoms with Crippen LogP contribution in [0.15, 0.2) is 30.3 Å². The van der Waals surface area contributed by atoms with Crippen LogP contribution in [-0.4, -0.2) is 25.8 Å². The van der Waals surface area contributed by atoms with E-state index in [4.69, 9.17) is 0 Å². The summed E-state index contributed by atoms with van der Waals surface area (Å²) in [6, 6.07) is 9.25. The van der Waals surface area contributed by atoms with Gasteiger partial charge < -0.3 is 5.11 Å². The Morgan fingerprint density at radius 3 is 2.37 bits per heavy atom. The molecule has 1 aromatic carbocycles. The zero-order valence-electron chi connectivity index (χ0n) is 11.5. The fraction of sp³-hybridized carbons (Fsp3) is 0.571. The van der Waals surface area contributed by atoms with E-state index in [1.54, 1.807) is 0 Å². The molecule has 108 valence electrons. The van der Waals surface area contributed by atoms with E-state index in [-0.39, 0.29) is 12.3 Å². The van der Waals surface area contributed by atoms with E-state index in [9.17, 15) is 13.5 Å². The second kappa shape index (κ2) is 7.62. The first kappa shape index (κ1) is 16.1. The molecule has 0 saturated carbocycles. The maximum Gasteiger partial charge on any atom is 0.211 e. The van der Waals surface area contributed by atoms with Gasteiger partial charge in [0.1, 0.15) is 0 Å². The Kier molecular flexibility index (Phi) is 6.48. The van der Waals surface area contributed by atoms with Crippen molar-refractivity contribution in [3.63, 3.8) is 0 Å². The van der Waals surface area contributed by atoms with E-state index in [2.05, 4.69) is 4.72 Å². The number of nitrogens with one attached hydrogen (secondary N) is 1. The van der Waals surface area contributed by atoms with Crippen molar-refractivity contribution < 1.29 is 13.5 Å². The van der Waals surface area contributed by atoms with Gasteiger partial charge >= 0.3 is 0 Å². The molecule has 19 heavy (non-hydrogen) atoms. The second-order valence-electron chi connectivity index (χ2n) is 5.11. The van der Waals surface area contributed by atoms with Gasteiger partial charge in [0.15, 0.2) is 0 Å². The molecule has 0 spiro atoms. The molecule has 5 heteroatoms. The minimum atomic E-state index is -3.22. The summed E-state index contributed by atoms with van der Waals surface area (Å²) < 4.78 is 25.8. The van der Waals surface area contributed by atoms with Crippen molar-refractivity contribution in [2.45, 2.75) is 32.8 Å². The molecular formula is C14H23NO3S. The van der Waals surface area contributed by atoms with E-state index in [0.717, 1.165) is 5.56 Å². The van der Waals surface area contributed by atoms with Gasteiger partial charge in [0.25, 0.3) is 0 Å². The Hall–Kier alpha value is -0.910. The molecule has 0 radical (unpaired) electrons. The van der Waals surface area contributed by atoms with Crippen molar-refractivity contribution in [3.8, 4) is 0 Å². The summed E-state index contributed by atoms with van der Waals surface area (Å²) in [5.41, 5.74) is 0.809. The highest BCUT2D eigenvalue weighted by Gasteiger charge is 2.12. The van der Waals surface area contributed by atoms with E-state index in [1.165, 1.54) is 0 Å². The Labute approximate surface area is 115 Å². The summed E-state index contributed by atoms with van der Waals surface area (Å²) in [5, 5.41) is 9.90. The van der Waals surface area contributed by atoms with Crippen molar-refractivity contribution in [3.05, 3.63) is 35.9 Å². The van der Waals surface area contributed by atoms with Crippen LogP contribution in [0.25, 0.3) is 0 Å². The summed E-state index contributed by atoms with van der Waals surface area (Å²) in [4.78, 5) is 0. The Bertz CT molecular complexity index is 457. The summed E-state index contributed by atoms with van der Waals surface area (Å²) in [5.74, 6) is 0.512. The van der Waals surface area contributed by atoms with Crippen LogP contribution >= 0.6 is 0 Å². The molecule has 0 aliphatic carbocycles. The topological polar surface area (TPSA) is 66.4 Å². The third-order valence-electron chi connectivity index (χ3n) is 2.89. The van der Waals surface area contributed by atoms with Crippen molar-refractivity contribution in [1.82, 2.24) is 4.72 Å². The molecular weight excluding hydrogens is 262 g/mol. The van der Waals surface area contributed by atoms with Crippen molar-refractivity contribution in [2.24, 2.45) is 5.92 Å². The van der Waals surface area contributed by atoms with Gasteiger partial charge in [-0.2, -0.15) is 0 Å². The van der Waals surface area contributed by atoms with Gasteiger partial charge in [0, 0.05) is 6.54 Å². The van der Waals surface area contributed by atoms with E-state index >= 15 is 0 Å². The molecule has 0 amide bonds. The van der Waals surface area contributed by atoms with Crippen molar-refractivity contribution >= 4 is 10.0 Å². The average Bonchev–Trinajstić information content (AvgIpc) is 2.37. The number of aliphatic hydroxyl groups excluding tert-OH is 1. The van der Waals surface area contributed by atoms with Crippen molar-refractivity contribution in [2.75, 3.05) is 12.3 Å². The Balaban J connectivity index is 2.34. The van der Waals surface area contributed by atoms with E-state index in [0.29, 0.717) is 18.8 Å². The van der Waals surface area contributed by atoms with Gasteiger partial charge in [-0.05, 0) is 24.3 Å². The molecule has 1 unspecified atom stereocenters. The monoisotopic (exact) mass is 285 g/mol. The summed E-state index contributed by atoms with van der Waals surface area (Å²) >= 11 is 0. The fourth-order valence-electron chi connectivity index (χ4n) is 1.66. The molecule has 0 fully saturated rings. The lowest BCUT2D eigenvalue weighted by Gasteiger charge is -2.12. The van der Waals surface area contributed by atoms with Crippen molar-refractivity contribution in [1.29, 1.82) is 0 Å². The maximum absolute atomic E-state index is 11.7. The minimum absolute atomic E-state index is 0.145. The number of sulfonamides is 1. The largest absolute Gasteiger partial charge is 0.388 e. The lowest BCUT2D eigenvalue weighted by molar-refractivity contribution is 0.169. The van der Waals surface area contributed by atoms with Crippen LogP contribution < -0.4 is 4.72 Å². The highest BCUT2D eigenvalue weighted by Crippen LogP contribution is 2.15. The molecule has 1 aromatic rings. The smallest absolute Gasteiger partial charge is 0.211 e. The predicted octanol–water partition coefficient (Wildman–Crippen LogP) is 2.08. The number of aliphatic hydroxyl groups is 1. The van der Waals surface area contributed by atoms with E-state index < -0.39 is 16.1 Å². The van der Waals surface area contributed by atoms with Crippen LogP contribution in [0.5, 0.6) is 0 Å². The van der Waals surface area contributed by atoms with Crippen LogP contribution in [-0.2, 0) is 10.0 Å². The van der Waals surface area contributed by atoms with Crippen LogP contribution in [0.2, 0.25) is 0 Å². The van der Waals surface area contributed by atoms with E-state index in [1.807, 2.05) is 44.2 Å². The SMILES string of the molecule is CC(C)CCS(=O)(=O)NCCC(O)c1ccccc1. The zero-order valence-corrected chi connectivity index (χ0v) is 12.4. The van der Waals surface area contributed by atoms with Gasteiger partial charge in [0.2, 0.25) is 10.0 Å². The number of hydrogen-bond acceptors (Lipinski definition) is 3. The molecule has 0 aliphatic rings. The predicted molar refractivity (Wildman–Crippen MR) is 77.3 cm³/mol. The fourth-order valence-corrected chi connectivity index (χ4v) is 3.01. The number of benzene rings is 1. The van der Waals surface area contributed by atoms with Gasteiger partial charge in [-0.3, -0.25) is 0 Å². The third-order valence-corrected chi connectivity index (χ3v) is 4.31. The standard InChI is InChI=1S/C14H23NO3S/c1-12(2)9-11-19(17,18)15-10-8-14(16)13-6-4-3-5-7-13/h3-7,12,14-16H,8-11H2,1-2H3. The normalized spacial score (nSPS) is 13.7. The van der Waals surface area contributed by atoms with Gasteiger partial charge in [-0.15, -0.1) is 0 Å². The molecule has 0 saturated heterocycles. The molecule has 1 atom stereocenters. The van der Waals surface area contributed by atoms with Gasteiger partial charge in [-0.25, -0.2) is 13.1 Å². The zero-order chi connectivity index (χ0) is 14.3. The molecule has 4 nitrogen and oxygen atoms in total. The minimum Gasteiger partial charge on any atom is -0.388 e. The average molecular weight is 285 g/mol.